The van der Waals surface area contributed by atoms with Gasteiger partial charge in [0.2, 0.25) is 0 Å². The molecule has 2 N–H and O–H groups in total. The smallest absolute Gasteiger partial charge is 0.307 e. The van der Waals surface area contributed by atoms with Crippen LogP contribution in [-0.2, 0) is 17.8 Å². The van der Waals surface area contributed by atoms with Gasteiger partial charge in [0.1, 0.15) is 6.61 Å². The van der Waals surface area contributed by atoms with E-state index in [1.165, 1.54) is 24.3 Å². The maximum atomic E-state index is 14.9. The molecule has 0 spiro atoms. The van der Waals surface area contributed by atoms with Crippen molar-refractivity contribution in [2.75, 3.05) is 5.32 Å². The lowest BCUT2D eigenvalue weighted by molar-refractivity contribution is -0.136. The number of amides is 1. The van der Waals surface area contributed by atoms with E-state index in [1.807, 2.05) is 30.3 Å². The van der Waals surface area contributed by atoms with Crippen LogP contribution in [0.4, 0.5) is 10.1 Å². The Bertz CT molecular complexity index is 1020. The molecule has 3 rings (SSSR count). The van der Waals surface area contributed by atoms with E-state index in [2.05, 4.69) is 5.32 Å². The molecule has 0 heterocycles. The lowest BCUT2D eigenvalue weighted by Crippen LogP contribution is -2.15. The molecule has 3 aromatic rings. The number of aliphatic carboxylic acids is 1. The third kappa shape index (κ3) is 5.33. The monoisotopic (exact) mass is 413 g/mol. The number of ether oxygens (including phenoxy) is 1. The fraction of sp³-hybridized carbons (Fsp3) is 0.0909. The number of nitrogens with one attached hydrogen (secondary N) is 1. The summed E-state index contributed by atoms with van der Waals surface area (Å²) >= 11 is 6.04. The summed E-state index contributed by atoms with van der Waals surface area (Å²) in [6, 6.07) is 18.2. The van der Waals surface area contributed by atoms with E-state index in [0.29, 0.717) is 11.3 Å². The number of carboxylic acids is 1. The van der Waals surface area contributed by atoms with Crippen LogP contribution in [0.15, 0.2) is 66.7 Å². The van der Waals surface area contributed by atoms with Crippen molar-refractivity contribution in [3.63, 3.8) is 0 Å². The molecule has 1 amide bonds. The van der Waals surface area contributed by atoms with Gasteiger partial charge in [0, 0.05) is 5.69 Å². The molecule has 0 radical (unpaired) electrons. The van der Waals surface area contributed by atoms with Gasteiger partial charge in [0.25, 0.3) is 5.91 Å². The van der Waals surface area contributed by atoms with Crippen molar-refractivity contribution >= 4 is 29.2 Å². The molecular formula is C22H17ClFNO4. The zero-order chi connectivity index (χ0) is 20.8. The van der Waals surface area contributed by atoms with Crippen LogP contribution in [0, 0.1) is 5.82 Å². The Labute approximate surface area is 171 Å². The molecule has 0 aliphatic heterocycles. The zero-order valence-electron chi connectivity index (χ0n) is 15.2. The van der Waals surface area contributed by atoms with Gasteiger partial charge in [0.05, 0.1) is 17.0 Å². The minimum absolute atomic E-state index is 0.0467. The number of hydrogen-bond acceptors (Lipinski definition) is 3. The molecule has 0 atom stereocenters. The number of carbonyl (C=O) groups excluding carboxylic acids is 1. The normalized spacial score (nSPS) is 10.4. The van der Waals surface area contributed by atoms with E-state index in [9.17, 15) is 14.0 Å². The Hall–Kier alpha value is -3.38. The molecule has 29 heavy (non-hydrogen) atoms. The standard InChI is InChI=1S/C22H17ClFNO4/c23-17-10-11-18(29-13-15-4-2-1-3-5-15)21(24)20(17)22(28)25-16-8-6-14(7-9-16)12-19(26)27/h1-11H,12-13H2,(H,25,28)(H,26,27). The second-order valence-corrected chi connectivity index (χ2v) is 6.64. The summed E-state index contributed by atoms with van der Waals surface area (Å²) in [6.07, 6.45) is -0.129. The number of anilines is 1. The summed E-state index contributed by atoms with van der Waals surface area (Å²) in [5, 5.41) is 11.3. The topological polar surface area (TPSA) is 75.6 Å². The van der Waals surface area contributed by atoms with Gasteiger partial charge >= 0.3 is 5.97 Å². The predicted octanol–water partition coefficient (Wildman–Crippen LogP) is 4.94. The number of hydrogen-bond donors (Lipinski definition) is 2. The van der Waals surface area contributed by atoms with Crippen LogP contribution < -0.4 is 10.1 Å². The van der Waals surface area contributed by atoms with Crippen molar-refractivity contribution in [2.45, 2.75) is 13.0 Å². The predicted molar refractivity (Wildman–Crippen MR) is 108 cm³/mol. The second kappa shape index (κ2) is 9.21. The number of carboxylic acid groups (broad SMARTS) is 1. The van der Waals surface area contributed by atoms with Gasteiger partial charge in [-0.2, -0.15) is 0 Å². The van der Waals surface area contributed by atoms with Gasteiger partial charge in [-0.3, -0.25) is 9.59 Å². The van der Waals surface area contributed by atoms with Crippen LogP contribution >= 0.6 is 11.6 Å². The maximum absolute atomic E-state index is 14.9. The van der Waals surface area contributed by atoms with Crippen LogP contribution in [0.5, 0.6) is 5.75 Å². The number of benzene rings is 3. The Balaban J connectivity index is 1.75. The van der Waals surface area contributed by atoms with Gasteiger partial charge < -0.3 is 15.2 Å². The van der Waals surface area contributed by atoms with Crippen molar-refractivity contribution in [2.24, 2.45) is 0 Å². The number of halogens is 2. The summed E-state index contributed by atoms with van der Waals surface area (Å²) in [7, 11) is 0. The van der Waals surface area contributed by atoms with Gasteiger partial charge in [-0.25, -0.2) is 4.39 Å². The molecule has 0 aromatic heterocycles. The van der Waals surface area contributed by atoms with Gasteiger partial charge in [-0.05, 0) is 35.4 Å². The third-order valence-corrected chi connectivity index (χ3v) is 4.40. The first-order valence-electron chi connectivity index (χ1n) is 8.71. The molecule has 0 fully saturated rings. The molecule has 0 aliphatic rings. The van der Waals surface area contributed by atoms with Crippen LogP contribution in [-0.4, -0.2) is 17.0 Å². The third-order valence-electron chi connectivity index (χ3n) is 4.09. The van der Waals surface area contributed by atoms with Crippen molar-refractivity contribution in [3.05, 3.63) is 94.3 Å². The molecule has 0 saturated carbocycles. The van der Waals surface area contributed by atoms with E-state index >= 15 is 0 Å². The average molecular weight is 414 g/mol. The van der Waals surface area contributed by atoms with Crippen molar-refractivity contribution in [1.29, 1.82) is 0 Å². The van der Waals surface area contributed by atoms with Crippen LogP contribution in [0.25, 0.3) is 0 Å². The maximum Gasteiger partial charge on any atom is 0.307 e. The lowest BCUT2D eigenvalue weighted by atomic mass is 10.1. The molecule has 0 aliphatic carbocycles. The SMILES string of the molecule is O=C(O)Cc1ccc(NC(=O)c2c(Cl)ccc(OCc3ccccc3)c2F)cc1. The highest BCUT2D eigenvalue weighted by molar-refractivity contribution is 6.34. The number of carbonyl (C=O) groups is 2. The highest BCUT2D eigenvalue weighted by Gasteiger charge is 2.20. The summed E-state index contributed by atoms with van der Waals surface area (Å²) in [5.41, 5.74) is 1.49. The Morgan fingerprint density at radius 1 is 0.966 bits per heavy atom. The van der Waals surface area contributed by atoms with Crippen LogP contribution in [0.1, 0.15) is 21.5 Å². The highest BCUT2D eigenvalue weighted by Crippen LogP contribution is 2.29. The van der Waals surface area contributed by atoms with Crippen LogP contribution in [0.3, 0.4) is 0 Å². The molecule has 5 nitrogen and oxygen atoms in total. The summed E-state index contributed by atoms with van der Waals surface area (Å²) in [6.45, 7) is 0.144. The molecule has 0 unspecified atom stereocenters. The Kier molecular flexibility index (Phi) is 6.46. The summed E-state index contributed by atoms with van der Waals surface area (Å²) in [5.74, 6) is -2.62. The van der Waals surface area contributed by atoms with E-state index in [0.717, 1.165) is 5.56 Å². The largest absolute Gasteiger partial charge is 0.486 e. The van der Waals surface area contributed by atoms with Crippen molar-refractivity contribution in [3.8, 4) is 5.75 Å². The highest BCUT2D eigenvalue weighted by atomic mass is 35.5. The van der Waals surface area contributed by atoms with Crippen molar-refractivity contribution in [1.82, 2.24) is 0 Å². The minimum atomic E-state index is -0.956. The summed E-state index contributed by atoms with van der Waals surface area (Å²) in [4.78, 5) is 23.3. The van der Waals surface area contributed by atoms with Gasteiger partial charge in [-0.15, -0.1) is 0 Å². The minimum Gasteiger partial charge on any atom is -0.486 e. The average Bonchev–Trinajstić information content (AvgIpc) is 2.69. The quantitative estimate of drug-likeness (QED) is 0.575. The first-order valence-corrected chi connectivity index (χ1v) is 9.08. The second-order valence-electron chi connectivity index (χ2n) is 6.23. The molecule has 0 saturated heterocycles. The van der Waals surface area contributed by atoms with E-state index < -0.39 is 17.7 Å². The zero-order valence-corrected chi connectivity index (χ0v) is 15.9. The molecule has 3 aromatic carbocycles. The van der Waals surface area contributed by atoms with E-state index in [-0.39, 0.29) is 29.4 Å². The molecular weight excluding hydrogens is 397 g/mol. The number of rotatable bonds is 7. The Morgan fingerprint density at radius 2 is 1.66 bits per heavy atom. The van der Waals surface area contributed by atoms with Gasteiger partial charge in [-0.1, -0.05) is 54.1 Å². The van der Waals surface area contributed by atoms with Crippen LogP contribution in [0.2, 0.25) is 5.02 Å². The van der Waals surface area contributed by atoms with E-state index in [1.54, 1.807) is 12.1 Å². The first-order chi connectivity index (χ1) is 13.9. The van der Waals surface area contributed by atoms with Crippen molar-refractivity contribution < 1.29 is 23.8 Å². The lowest BCUT2D eigenvalue weighted by Gasteiger charge is -2.12. The first kappa shape index (κ1) is 20.4. The fourth-order valence-corrected chi connectivity index (χ4v) is 2.89. The van der Waals surface area contributed by atoms with E-state index in [4.69, 9.17) is 21.4 Å². The molecule has 148 valence electrons. The molecule has 0 bridgehead atoms. The summed E-state index contributed by atoms with van der Waals surface area (Å²) < 4.78 is 20.4. The Morgan fingerprint density at radius 3 is 2.31 bits per heavy atom. The fourth-order valence-electron chi connectivity index (χ4n) is 2.66. The molecule has 7 heteroatoms. The van der Waals surface area contributed by atoms with Gasteiger partial charge in [0.15, 0.2) is 11.6 Å².